The number of aromatic nitrogens is 3. The first kappa shape index (κ1) is 8.40. The van der Waals surface area contributed by atoms with Crippen LogP contribution in [0.4, 0.5) is 0 Å². The number of thiophene rings is 1. The summed E-state index contributed by atoms with van der Waals surface area (Å²) in [5, 5.41) is 20.9. The SMILES string of the molecule is OC(Cn1cnnc1)c1ccsc1. The van der Waals surface area contributed by atoms with Crippen LogP contribution in [0, 0.1) is 0 Å². The van der Waals surface area contributed by atoms with Crippen LogP contribution in [0.15, 0.2) is 29.5 Å². The molecule has 0 amide bonds. The molecule has 68 valence electrons. The molecule has 0 saturated heterocycles. The van der Waals surface area contributed by atoms with E-state index in [0.29, 0.717) is 6.54 Å². The first-order chi connectivity index (χ1) is 6.36. The first-order valence-corrected chi connectivity index (χ1v) is 4.83. The molecule has 2 aromatic rings. The first-order valence-electron chi connectivity index (χ1n) is 3.89. The highest BCUT2D eigenvalue weighted by Gasteiger charge is 2.07. The molecular weight excluding hydrogens is 186 g/mol. The number of rotatable bonds is 3. The van der Waals surface area contributed by atoms with Crippen LogP contribution in [0.2, 0.25) is 0 Å². The highest BCUT2D eigenvalue weighted by molar-refractivity contribution is 7.07. The molecule has 0 fully saturated rings. The summed E-state index contributed by atoms with van der Waals surface area (Å²) in [6.45, 7) is 0.504. The summed E-state index contributed by atoms with van der Waals surface area (Å²) in [6, 6.07) is 1.92. The summed E-state index contributed by atoms with van der Waals surface area (Å²) >= 11 is 1.58. The number of hydrogen-bond acceptors (Lipinski definition) is 4. The van der Waals surface area contributed by atoms with Crippen molar-refractivity contribution < 1.29 is 5.11 Å². The second-order valence-electron chi connectivity index (χ2n) is 2.73. The molecule has 0 bridgehead atoms. The molecule has 2 rings (SSSR count). The van der Waals surface area contributed by atoms with Crippen molar-refractivity contribution in [3.63, 3.8) is 0 Å². The van der Waals surface area contributed by atoms with Crippen LogP contribution in [0.25, 0.3) is 0 Å². The van der Waals surface area contributed by atoms with E-state index in [1.54, 1.807) is 28.6 Å². The molecule has 13 heavy (non-hydrogen) atoms. The van der Waals surface area contributed by atoms with Crippen molar-refractivity contribution in [1.82, 2.24) is 14.8 Å². The Kier molecular flexibility index (Phi) is 2.37. The Labute approximate surface area is 79.5 Å². The van der Waals surface area contributed by atoms with Crippen LogP contribution >= 0.6 is 11.3 Å². The fourth-order valence-corrected chi connectivity index (χ4v) is 1.79. The lowest BCUT2D eigenvalue weighted by atomic mass is 10.2. The molecule has 2 aromatic heterocycles. The zero-order valence-electron chi connectivity index (χ0n) is 6.87. The van der Waals surface area contributed by atoms with Gasteiger partial charge in [-0.05, 0) is 22.4 Å². The van der Waals surface area contributed by atoms with Crippen LogP contribution in [-0.4, -0.2) is 19.9 Å². The fraction of sp³-hybridized carbons (Fsp3) is 0.250. The fourth-order valence-electron chi connectivity index (χ4n) is 1.09. The van der Waals surface area contributed by atoms with Gasteiger partial charge in [0.1, 0.15) is 12.7 Å². The average molecular weight is 195 g/mol. The summed E-state index contributed by atoms with van der Waals surface area (Å²) < 4.78 is 1.75. The number of aliphatic hydroxyl groups excluding tert-OH is 1. The Bertz CT molecular complexity index is 343. The third-order valence-electron chi connectivity index (χ3n) is 1.78. The highest BCUT2D eigenvalue weighted by atomic mass is 32.1. The predicted octanol–water partition coefficient (Wildman–Crippen LogP) is 1.07. The van der Waals surface area contributed by atoms with Crippen LogP contribution in [-0.2, 0) is 6.54 Å². The van der Waals surface area contributed by atoms with Crippen LogP contribution in [0.5, 0.6) is 0 Å². The summed E-state index contributed by atoms with van der Waals surface area (Å²) in [5.41, 5.74) is 0.943. The average Bonchev–Trinajstić information content (AvgIpc) is 2.74. The molecule has 0 saturated carbocycles. The highest BCUT2D eigenvalue weighted by Crippen LogP contribution is 2.17. The summed E-state index contributed by atoms with van der Waals surface area (Å²) in [5.74, 6) is 0. The predicted molar refractivity (Wildman–Crippen MR) is 49.3 cm³/mol. The third-order valence-corrected chi connectivity index (χ3v) is 2.48. The molecule has 4 nitrogen and oxygen atoms in total. The van der Waals surface area contributed by atoms with Gasteiger partial charge < -0.3 is 9.67 Å². The van der Waals surface area contributed by atoms with Gasteiger partial charge in [0.25, 0.3) is 0 Å². The van der Waals surface area contributed by atoms with Gasteiger partial charge in [0, 0.05) is 0 Å². The van der Waals surface area contributed by atoms with Gasteiger partial charge in [-0.25, -0.2) is 0 Å². The second kappa shape index (κ2) is 3.68. The zero-order chi connectivity index (χ0) is 9.10. The van der Waals surface area contributed by atoms with E-state index < -0.39 is 6.10 Å². The van der Waals surface area contributed by atoms with Crippen molar-refractivity contribution in [3.05, 3.63) is 35.0 Å². The molecule has 2 heterocycles. The standard InChI is InChI=1S/C8H9N3OS/c12-8(7-1-2-13-4-7)3-11-5-9-10-6-11/h1-2,4-6,8,12H,3H2. The van der Waals surface area contributed by atoms with Gasteiger partial charge in [-0.2, -0.15) is 11.3 Å². The van der Waals surface area contributed by atoms with Crippen LogP contribution < -0.4 is 0 Å². The molecule has 1 unspecified atom stereocenters. The normalized spacial score (nSPS) is 13.0. The third kappa shape index (κ3) is 1.93. The number of nitrogens with zero attached hydrogens (tertiary/aromatic N) is 3. The topological polar surface area (TPSA) is 50.9 Å². The minimum absolute atomic E-state index is 0.470. The molecule has 0 aliphatic heterocycles. The van der Waals surface area contributed by atoms with E-state index in [9.17, 15) is 5.11 Å². The quantitative estimate of drug-likeness (QED) is 0.797. The van der Waals surface area contributed by atoms with Crippen molar-refractivity contribution in [2.45, 2.75) is 12.6 Å². The maximum absolute atomic E-state index is 9.71. The number of hydrogen-bond donors (Lipinski definition) is 1. The van der Waals surface area contributed by atoms with Gasteiger partial charge in [-0.1, -0.05) is 0 Å². The van der Waals surface area contributed by atoms with Gasteiger partial charge in [0.15, 0.2) is 0 Å². The van der Waals surface area contributed by atoms with Crippen molar-refractivity contribution >= 4 is 11.3 Å². The van der Waals surface area contributed by atoms with Gasteiger partial charge >= 0.3 is 0 Å². The second-order valence-corrected chi connectivity index (χ2v) is 3.51. The molecule has 1 atom stereocenters. The Morgan fingerprint density at radius 1 is 1.46 bits per heavy atom. The Hall–Kier alpha value is -1.20. The zero-order valence-corrected chi connectivity index (χ0v) is 7.68. The van der Waals surface area contributed by atoms with E-state index in [4.69, 9.17) is 0 Å². The van der Waals surface area contributed by atoms with Crippen molar-refractivity contribution in [3.8, 4) is 0 Å². The lowest BCUT2D eigenvalue weighted by Crippen LogP contribution is -2.05. The van der Waals surface area contributed by atoms with Crippen molar-refractivity contribution in [2.24, 2.45) is 0 Å². The van der Waals surface area contributed by atoms with E-state index in [0.717, 1.165) is 5.56 Å². The van der Waals surface area contributed by atoms with Gasteiger partial charge in [0.05, 0.1) is 12.6 Å². The minimum Gasteiger partial charge on any atom is -0.387 e. The largest absolute Gasteiger partial charge is 0.387 e. The van der Waals surface area contributed by atoms with Gasteiger partial charge in [-0.15, -0.1) is 10.2 Å². The van der Waals surface area contributed by atoms with Crippen molar-refractivity contribution in [2.75, 3.05) is 0 Å². The van der Waals surface area contributed by atoms with Gasteiger partial charge in [-0.3, -0.25) is 0 Å². The smallest absolute Gasteiger partial charge is 0.119 e. The van der Waals surface area contributed by atoms with E-state index in [2.05, 4.69) is 10.2 Å². The lowest BCUT2D eigenvalue weighted by Gasteiger charge is -2.07. The molecule has 1 N–H and O–H groups in total. The summed E-state index contributed by atoms with van der Waals surface area (Å²) in [7, 11) is 0. The Balaban J connectivity index is 2.04. The van der Waals surface area contributed by atoms with E-state index in [1.165, 1.54) is 0 Å². The molecule has 0 aromatic carbocycles. The Morgan fingerprint density at radius 2 is 2.23 bits per heavy atom. The Morgan fingerprint density at radius 3 is 2.85 bits per heavy atom. The molecular formula is C8H9N3OS. The van der Waals surface area contributed by atoms with Crippen LogP contribution in [0.3, 0.4) is 0 Å². The maximum Gasteiger partial charge on any atom is 0.119 e. The molecule has 5 heteroatoms. The van der Waals surface area contributed by atoms with E-state index in [-0.39, 0.29) is 0 Å². The molecule has 0 aliphatic carbocycles. The molecule has 0 spiro atoms. The van der Waals surface area contributed by atoms with Crippen LogP contribution in [0.1, 0.15) is 11.7 Å². The molecule has 0 aliphatic rings. The van der Waals surface area contributed by atoms with E-state index >= 15 is 0 Å². The monoisotopic (exact) mass is 195 g/mol. The van der Waals surface area contributed by atoms with Crippen molar-refractivity contribution in [1.29, 1.82) is 0 Å². The summed E-state index contributed by atoms with van der Waals surface area (Å²) in [6.07, 6.45) is 2.72. The minimum atomic E-state index is -0.470. The maximum atomic E-state index is 9.71. The summed E-state index contributed by atoms with van der Waals surface area (Å²) in [4.78, 5) is 0. The molecule has 0 radical (unpaired) electrons. The lowest BCUT2D eigenvalue weighted by molar-refractivity contribution is 0.157. The van der Waals surface area contributed by atoms with E-state index in [1.807, 2.05) is 16.8 Å². The van der Waals surface area contributed by atoms with Gasteiger partial charge in [0.2, 0.25) is 0 Å². The number of aliphatic hydroxyl groups is 1.